The van der Waals surface area contributed by atoms with Crippen molar-refractivity contribution in [3.63, 3.8) is 0 Å². The summed E-state index contributed by atoms with van der Waals surface area (Å²) in [7, 11) is 0. The predicted molar refractivity (Wildman–Crippen MR) is 79.0 cm³/mol. The van der Waals surface area contributed by atoms with Gasteiger partial charge < -0.3 is 10.0 Å². The van der Waals surface area contributed by atoms with Crippen LogP contribution in [0.1, 0.15) is 36.2 Å². The summed E-state index contributed by atoms with van der Waals surface area (Å²) in [5, 5.41) is 18.0. The van der Waals surface area contributed by atoms with Crippen LogP contribution in [0.25, 0.3) is 5.69 Å². The Kier molecular flexibility index (Phi) is 3.85. The Bertz CT molecular complexity index is 616. The van der Waals surface area contributed by atoms with Gasteiger partial charge in [0.1, 0.15) is 0 Å². The molecule has 1 N–H and O–H groups in total. The highest BCUT2D eigenvalue weighted by Gasteiger charge is 2.24. The second-order valence-electron chi connectivity index (χ2n) is 5.20. The highest BCUT2D eigenvalue weighted by Crippen LogP contribution is 2.21. The molecule has 1 aromatic carbocycles. The number of carboxylic acids is 1. The molecule has 0 spiro atoms. The van der Waals surface area contributed by atoms with Crippen molar-refractivity contribution in [2.24, 2.45) is 0 Å². The van der Waals surface area contributed by atoms with Gasteiger partial charge in [0.25, 0.3) is 0 Å². The van der Waals surface area contributed by atoms with Crippen molar-refractivity contribution in [3.8, 4) is 5.69 Å². The largest absolute Gasteiger partial charge is 0.476 e. The van der Waals surface area contributed by atoms with Gasteiger partial charge in [-0.3, -0.25) is 0 Å². The molecule has 0 amide bonds. The molecule has 0 atom stereocenters. The molecule has 1 aliphatic heterocycles. The number of nitrogens with zero attached hydrogens (tertiary/aromatic N) is 4. The van der Waals surface area contributed by atoms with Crippen molar-refractivity contribution >= 4 is 11.8 Å². The molecule has 21 heavy (non-hydrogen) atoms. The predicted octanol–water partition coefficient (Wildman–Crippen LogP) is 2.35. The molecule has 1 saturated heterocycles. The number of rotatable bonds is 3. The number of benzene rings is 1. The average Bonchev–Trinajstić information content (AvgIpc) is 2.78. The van der Waals surface area contributed by atoms with Gasteiger partial charge in [-0.25, -0.2) is 4.79 Å². The molecular formula is C15H18N4O2. The van der Waals surface area contributed by atoms with Crippen molar-refractivity contribution in [3.05, 3.63) is 36.0 Å². The average molecular weight is 286 g/mol. The van der Waals surface area contributed by atoms with Crippen molar-refractivity contribution in [2.75, 3.05) is 18.0 Å². The van der Waals surface area contributed by atoms with Crippen molar-refractivity contribution < 1.29 is 9.90 Å². The molecule has 1 aromatic heterocycles. The van der Waals surface area contributed by atoms with Crippen LogP contribution in [0.4, 0.5) is 5.82 Å². The number of carbonyl (C=O) groups is 1. The third-order valence-corrected chi connectivity index (χ3v) is 3.69. The zero-order valence-electron chi connectivity index (χ0n) is 11.8. The molecule has 1 aliphatic rings. The Hall–Kier alpha value is -2.37. The minimum Gasteiger partial charge on any atom is -0.476 e. The van der Waals surface area contributed by atoms with E-state index < -0.39 is 5.97 Å². The standard InChI is InChI=1S/C15H18N4O2/c20-15(21)13-14(18-10-6-1-2-7-11-18)17-19(16-13)12-8-4-3-5-9-12/h3-5,8-9H,1-2,6-7,10-11H2,(H,20,21). The van der Waals surface area contributed by atoms with E-state index >= 15 is 0 Å². The smallest absolute Gasteiger partial charge is 0.360 e. The van der Waals surface area contributed by atoms with Gasteiger partial charge in [-0.05, 0) is 25.0 Å². The summed E-state index contributed by atoms with van der Waals surface area (Å²) >= 11 is 0. The molecule has 110 valence electrons. The number of aromatic carboxylic acids is 1. The molecule has 2 heterocycles. The van der Waals surface area contributed by atoms with Crippen LogP contribution in [0.2, 0.25) is 0 Å². The molecule has 0 radical (unpaired) electrons. The summed E-state index contributed by atoms with van der Waals surface area (Å²) in [6.07, 6.45) is 4.51. The van der Waals surface area contributed by atoms with Gasteiger partial charge in [-0.15, -0.1) is 15.0 Å². The zero-order chi connectivity index (χ0) is 14.7. The molecule has 0 aliphatic carbocycles. The molecule has 6 heteroatoms. The molecule has 0 saturated carbocycles. The lowest BCUT2D eigenvalue weighted by molar-refractivity contribution is 0.0690. The Morgan fingerprint density at radius 3 is 2.29 bits per heavy atom. The van der Waals surface area contributed by atoms with E-state index in [0.29, 0.717) is 5.82 Å². The lowest BCUT2D eigenvalue weighted by Gasteiger charge is -2.19. The van der Waals surface area contributed by atoms with Crippen molar-refractivity contribution in [1.82, 2.24) is 15.0 Å². The van der Waals surface area contributed by atoms with Gasteiger partial charge in [0.05, 0.1) is 5.69 Å². The fourth-order valence-corrected chi connectivity index (χ4v) is 2.61. The number of aromatic nitrogens is 3. The maximum absolute atomic E-state index is 11.5. The molecule has 0 bridgehead atoms. The third kappa shape index (κ3) is 2.89. The van der Waals surface area contributed by atoms with Crippen molar-refractivity contribution in [2.45, 2.75) is 25.7 Å². The normalized spacial score (nSPS) is 15.7. The van der Waals surface area contributed by atoms with Gasteiger partial charge in [-0.1, -0.05) is 31.0 Å². The molecule has 1 fully saturated rings. The van der Waals surface area contributed by atoms with E-state index in [1.807, 2.05) is 35.2 Å². The van der Waals surface area contributed by atoms with E-state index in [4.69, 9.17) is 0 Å². The zero-order valence-corrected chi connectivity index (χ0v) is 11.8. The van der Waals surface area contributed by atoms with Crippen LogP contribution in [0.3, 0.4) is 0 Å². The van der Waals surface area contributed by atoms with Crippen LogP contribution in [0, 0.1) is 0 Å². The number of para-hydroxylation sites is 1. The van der Waals surface area contributed by atoms with Crippen molar-refractivity contribution in [1.29, 1.82) is 0 Å². The van der Waals surface area contributed by atoms with Crippen LogP contribution >= 0.6 is 0 Å². The van der Waals surface area contributed by atoms with Gasteiger partial charge in [-0.2, -0.15) is 0 Å². The van der Waals surface area contributed by atoms with E-state index in [1.54, 1.807) is 0 Å². The quantitative estimate of drug-likeness (QED) is 0.937. The van der Waals surface area contributed by atoms with Crippen LogP contribution in [0.5, 0.6) is 0 Å². The summed E-state index contributed by atoms with van der Waals surface area (Å²) in [5.74, 6) is -0.551. The number of anilines is 1. The Balaban J connectivity index is 1.98. The second-order valence-corrected chi connectivity index (χ2v) is 5.20. The highest BCUT2D eigenvalue weighted by atomic mass is 16.4. The summed E-state index contributed by atoms with van der Waals surface area (Å²) in [6, 6.07) is 9.38. The Morgan fingerprint density at radius 2 is 1.67 bits per heavy atom. The first-order chi connectivity index (χ1) is 10.3. The molecule has 0 unspecified atom stereocenters. The fourth-order valence-electron chi connectivity index (χ4n) is 2.61. The second kappa shape index (κ2) is 5.95. The van der Waals surface area contributed by atoms with Gasteiger partial charge in [0.15, 0.2) is 5.82 Å². The molecule has 3 rings (SSSR count). The van der Waals surface area contributed by atoms with Gasteiger partial charge >= 0.3 is 5.97 Å². The van der Waals surface area contributed by atoms with Crippen LogP contribution in [0.15, 0.2) is 30.3 Å². The van der Waals surface area contributed by atoms with E-state index in [1.165, 1.54) is 17.6 Å². The molecule has 2 aromatic rings. The lowest BCUT2D eigenvalue weighted by Crippen LogP contribution is -2.26. The molecule has 6 nitrogen and oxygen atoms in total. The van der Waals surface area contributed by atoms with E-state index in [9.17, 15) is 9.90 Å². The highest BCUT2D eigenvalue weighted by molar-refractivity contribution is 5.91. The monoisotopic (exact) mass is 286 g/mol. The summed E-state index contributed by atoms with van der Waals surface area (Å²) in [6.45, 7) is 1.68. The van der Waals surface area contributed by atoms with E-state index in [2.05, 4.69) is 10.2 Å². The maximum atomic E-state index is 11.5. The number of hydrogen-bond donors (Lipinski definition) is 1. The first kappa shape index (κ1) is 13.6. The SMILES string of the molecule is O=C(O)c1nn(-c2ccccc2)nc1N1CCCCCC1. The van der Waals surface area contributed by atoms with Gasteiger partial charge in [0, 0.05) is 13.1 Å². The summed E-state index contributed by atoms with van der Waals surface area (Å²) in [5.41, 5.74) is 0.793. The number of carboxylic acid groups (broad SMARTS) is 1. The fraction of sp³-hybridized carbons (Fsp3) is 0.400. The Labute approximate surface area is 123 Å². The Morgan fingerprint density at radius 1 is 1.00 bits per heavy atom. The van der Waals surface area contributed by atoms with Gasteiger partial charge in [0.2, 0.25) is 5.69 Å². The van der Waals surface area contributed by atoms with E-state index in [0.717, 1.165) is 31.6 Å². The first-order valence-electron chi connectivity index (χ1n) is 7.27. The molecular weight excluding hydrogens is 268 g/mol. The first-order valence-corrected chi connectivity index (χ1v) is 7.27. The third-order valence-electron chi connectivity index (χ3n) is 3.69. The summed E-state index contributed by atoms with van der Waals surface area (Å²) < 4.78 is 0. The minimum atomic E-state index is -1.03. The van der Waals surface area contributed by atoms with Crippen LogP contribution in [-0.2, 0) is 0 Å². The lowest BCUT2D eigenvalue weighted by atomic mass is 10.2. The topological polar surface area (TPSA) is 71.2 Å². The van der Waals surface area contributed by atoms with Crippen LogP contribution in [-0.4, -0.2) is 39.2 Å². The number of hydrogen-bond acceptors (Lipinski definition) is 4. The summed E-state index contributed by atoms with van der Waals surface area (Å²) in [4.78, 5) is 14.9. The maximum Gasteiger partial charge on any atom is 0.360 e. The van der Waals surface area contributed by atoms with Crippen LogP contribution < -0.4 is 4.90 Å². The minimum absolute atomic E-state index is 0.0285. The van der Waals surface area contributed by atoms with E-state index in [-0.39, 0.29) is 5.69 Å².